The van der Waals surface area contributed by atoms with E-state index < -0.39 is 5.97 Å². The van der Waals surface area contributed by atoms with Gasteiger partial charge in [-0.05, 0) is 30.7 Å². The van der Waals surface area contributed by atoms with Crippen LogP contribution in [0.25, 0.3) is 0 Å². The third-order valence-electron chi connectivity index (χ3n) is 2.55. The number of aromatic nitrogens is 2. The van der Waals surface area contributed by atoms with E-state index in [0.717, 1.165) is 11.3 Å². The predicted molar refractivity (Wildman–Crippen MR) is 64.5 cm³/mol. The van der Waals surface area contributed by atoms with E-state index in [9.17, 15) is 4.79 Å². The zero-order valence-electron chi connectivity index (χ0n) is 9.22. The van der Waals surface area contributed by atoms with Crippen LogP contribution >= 0.6 is 11.6 Å². The number of benzene rings is 1. The molecule has 17 heavy (non-hydrogen) atoms. The smallest absolute Gasteiger partial charge is 0.335 e. The zero-order valence-corrected chi connectivity index (χ0v) is 9.98. The Balaban J connectivity index is 2.29. The lowest BCUT2D eigenvalue weighted by Gasteiger charge is -2.07. The number of halogens is 1. The van der Waals surface area contributed by atoms with E-state index >= 15 is 0 Å². The number of carboxylic acid groups (broad SMARTS) is 1. The summed E-state index contributed by atoms with van der Waals surface area (Å²) in [7, 11) is 0. The van der Waals surface area contributed by atoms with Crippen molar-refractivity contribution in [2.75, 3.05) is 0 Å². The first kappa shape index (κ1) is 11.7. The molecule has 0 saturated heterocycles. The Bertz CT molecular complexity index is 563. The van der Waals surface area contributed by atoms with Gasteiger partial charge in [0, 0.05) is 16.9 Å². The second-order valence-electron chi connectivity index (χ2n) is 3.74. The van der Waals surface area contributed by atoms with Crippen LogP contribution in [0, 0.1) is 6.92 Å². The van der Waals surface area contributed by atoms with Crippen molar-refractivity contribution in [3.63, 3.8) is 0 Å². The molecule has 0 radical (unpaired) electrons. The molecule has 0 fully saturated rings. The molecule has 5 heteroatoms. The van der Waals surface area contributed by atoms with Crippen molar-refractivity contribution < 1.29 is 9.90 Å². The van der Waals surface area contributed by atoms with Gasteiger partial charge in [0.25, 0.3) is 0 Å². The van der Waals surface area contributed by atoms with Crippen molar-refractivity contribution in [3.8, 4) is 0 Å². The normalized spacial score (nSPS) is 10.5. The lowest BCUT2D eigenvalue weighted by Crippen LogP contribution is -2.05. The molecule has 1 aromatic heterocycles. The van der Waals surface area contributed by atoms with E-state index in [-0.39, 0.29) is 5.56 Å². The molecule has 0 unspecified atom stereocenters. The summed E-state index contributed by atoms with van der Waals surface area (Å²) in [6, 6.07) is 6.62. The summed E-state index contributed by atoms with van der Waals surface area (Å²) in [6.07, 6.45) is 1.72. The van der Waals surface area contributed by atoms with Crippen molar-refractivity contribution in [1.29, 1.82) is 0 Å². The molecule has 0 aliphatic carbocycles. The van der Waals surface area contributed by atoms with Gasteiger partial charge in [0.05, 0.1) is 12.1 Å². The Morgan fingerprint density at radius 2 is 2.24 bits per heavy atom. The van der Waals surface area contributed by atoms with Crippen LogP contribution in [0.1, 0.15) is 21.6 Å². The van der Waals surface area contributed by atoms with E-state index in [1.54, 1.807) is 18.3 Å². The fourth-order valence-electron chi connectivity index (χ4n) is 1.53. The molecule has 0 spiro atoms. The van der Waals surface area contributed by atoms with Crippen LogP contribution in [0.2, 0.25) is 5.02 Å². The maximum atomic E-state index is 10.8. The highest BCUT2D eigenvalue weighted by molar-refractivity contribution is 6.31. The minimum atomic E-state index is -0.978. The Labute approximate surface area is 103 Å². The van der Waals surface area contributed by atoms with Crippen molar-refractivity contribution in [2.24, 2.45) is 0 Å². The van der Waals surface area contributed by atoms with Crippen LogP contribution < -0.4 is 0 Å². The molecule has 2 rings (SSSR count). The van der Waals surface area contributed by atoms with Crippen LogP contribution in [0.3, 0.4) is 0 Å². The standard InChI is InChI=1S/C12H11ClN2O2/c1-8-4-5-14-15(8)7-10-3-2-9(12(16)17)6-11(10)13/h2-6H,7H2,1H3,(H,16,17). The Morgan fingerprint density at radius 3 is 2.76 bits per heavy atom. The number of carbonyl (C=O) groups is 1. The number of rotatable bonds is 3. The van der Waals surface area contributed by atoms with Crippen LogP contribution in [-0.4, -0.2) is 20.9 Å². The van der Waals surface area contributed by atoms with E-state index in [4.69, 9.17) is 16.7 Å². The summed E-state index contributed by atoms with van der Waals surface area (Å²) < 4.78 is 1.81. The summed E-state index contributed by atoms with van der Waals surface area (Å²) in [5.74, 6) is -0.978. The Kier molecular flexibility index (Phi) is 3.15. The lowest BCUT2D eigenvalue weighted by molar-refractivity contribution is 0.0697. The SMILES string of the molecule is Cc1ccnn1Cc1ccc(C(=O)O)cc1Cl. The molecule has 0 atom stereocenters. The van der Waals surface area contributed by atoms with Crippen molar-refractivity contribution in [3.05, 3.63) is 52.3 Å². The second-order valence-corrected chi connectivity index (χ2v) is 4.15. The summed E-state index contributed by atoms with van der Waals surface area (Å²) in [5, 5.41) is 13.4. The molecule has 0 saturated carbocycles. The number of nitrogens with zero attached hydrogens (tertiary/aromatic N) is 2. The van der Waals surface area contributed by atoms with E-state index in [1.165, 1.54) is 6.07 Å². The van der Waals surface area contributed by atoms with Crippen LogP contribution in [0.5, 0.6) is 0 Å². The van der Waals surface area contributed by atoms with Gasteiger partial charge in [-0.25, -0.2) is 4.79 Å². The third-order valence-corrected chi connectivity index (χ3v) is 2.90. The first-order chi connectivity index (χ1) is 8.08. The average Bonchev–Trinajstić information content (AvgIpc) is 2.67. The number of carboxylic acids is 1. The van der Waals surface area contributed by atoms with Gasteiger partial charge in [-0.15, -0.1) is 0 Å². The molecule has 0 bridgehead atoms. The molecule has 1 aromatic carbocycles. The molecule has 0 amide bonds. The van der Waals surface area contributed by atoms with Crippen LogP contribution in [0.4, 0.5) is 0 Å². The van der Waals surface area contributed by atoms with Crippen molar-refractivity contribution in [1.82, 2.24) is 9.78 Å². The quantitative estimate of drug-likeness (QED) is 0.911. The number of hydrogen-bond acceptors (Lipinski definition) is 2. The van der Waals surface area contributed by atoms with Crippen LogP contribution in [-0.2, 0) is 6.54 Å². The largest absolute Gasteiger partial charge is 0.478 e. The molecule has 1 N–H and O–H groups in total. The van der Waals surface area contributed by atoms with E-state index in [0.29, 0.717) is 11.6 Å². The molecule has 88 valence electrons. The Hall–Kier alpha value is -1.81. The van der Waals surface area contributed by atoms with E-state index in [1.807, 2.05) is 17.7 Å². The summed E-state index contributed by atoms with van der Waals surface area (Å²) in [5.41, 5.74) is 2.07. The maximum absolute atomic E-state index is 10.8. The molecule has 2 aromatic rings. The van der Waals surface area contributed by atoms with Crippen molar-refractivity contribution >= 4 is 17.6 Å². The average molecular weight is 251 g/mol. The summed E-state index contributed by atoms with van der Waals surface area (Å²) >= 11 is 6.04. The van der Waals surface area contributed by atoms with Gasteiger partial charge in [0.1, 0.15) is 0 Å². The third kappa shape index (κ3) is 2.47. The second kappa shape index (κ2) is 4.59. The van der Waals surface area contributed by atoms with Gasteiger partial charge in [-0.3, -0.25) is 4.68 Å². The molecule has 1 heterocycles. The van der Waals surface area contributed by atoms with Gasteiger partial charge in [-0.2, -0.15) is 5.10 Å². The molecule has 4 nitrogen and oxygen atoms in total. The molecule has 0 aliphatic heterocycles. The highest BCUT2D eigenvalue weighted by Gasteiger charge is 2.08. The number of aromatic carboxylic acids is 1. The lowest BCUT2D eigenvalue weighted by atomic mass is 10.1. The first-order valence-corrected chi connectivity index (χ1v) is 5.46. The summed E-state index contributed by atoms with van der Waals surface area (Å²) in [6.45, 7) is 2.49. The fraction of sp³-hybridized carbons (Fsp3) is 0.167. The molecular weight excluding hydrogens is 240 g/mol. The maximum Gasteiger partial charge on any atom is 0.335 e. The van der Waals surface area contributed by atoms with Gasteiger partial charge in [-0.1, -0.05) is 17.7 Å². The minimum Gasteiger partial charge on any atom is -0.478 e. The zero-order chi connectivity index (χ0) is 12.4. The minimum absolute atomic E-state index is 0.191. The number of hydrogen-bond donors (Lipinski definition) is 1. The highest BCUT2D eigenvalue weighted by atomic mass is 35.5. The van der Waals surface area contributed by atoms with Gasteiger partial charge >= 0.3 is 5.97 Å². The van der Waals surface area contributed by atoms with Gasteiger partial charge in [0.2, 0.25) is 0 Å². The predicted octanol–water partition coefficient (Wildman–Crippen LogP) is 2.59. The van der Waals surface area contributed by atoms with Gasteiger partial charge < -0.3 is 5.11 Å². The topological polar surface area (TPSA) is 55.1 Å². The van der Waals surface area contributed by atoms with Gasteiger partial charge in [0.15, 0.2) is 0 Å². The molecule has 0 aliphatic rings. The fourth-order valence-corrected chi connectivity index (χ4v) is 1.77. The van der Waals surface area contributed by atoms with Crippen LogP contribution in [0.15, 0.2) is 30.5 Å². The molecular formula is C12H11ClN2O2. The highest BCUT2D eigenvalue weighted by Crippen LogP contribution is 2.19. The monoisotopic (exact) mass is 250 g/mol. The van der Waals surface area contributed by atoms with Crippen molar-refractivity contribution in [2.45, 2.75) is 13.5 Å². The number of aryl methyl sites for hydroxylation is 1. The van der Waals surface area contributed by atoms with E-state index in [2.05, 4.69) is 5.10 Å². The first-order valence-electron chi connectivity index (χ1n) is 5.08. The Morgan fingerprint density at radius 1 is 1.47 bits per heavy atom. The summed E-state index contributed by atoms with van der Waals surface area (Å²) in [4.78, 5) is 10.8.